The largest absolute Gasteiger partial charge is 0.289 e. The zero-order valence-corrected chi connectivity index (χ0v) is 15.4. The van der Waals surface area contributed by atoms with Gasteiger partial charge in [-0.2, -0.15) is 10.2 Å². The summed E-state index contributed by atoms with van der Waals surface area (Å²) < 4.78 is 3.54. The average molecular weight is 369 g/mol. The molecule has 0 bridgehead atoms. The molecule has 0 saturated heterocycles. The summed E-state index contributed by atoms with van der Waals surface area (Å²) in [4.78, 5) is 16.7. The van der Waals surface area contributed by atoms with Gasteiger partial charge in [0.1, 0.15) is 5.69 Å². The molecule has 0 aliphatic rings. The topological polar surface area (TPSA) is 65.6 Å². The van der Waals surface area contributed by atoms with E-state index in [0.29, 0.717) is 5.56 Å². The minimum Gasteiger partial charge on any atom is -0.289 e. The molecule has 0 aliphatic heterocycles. The van der Waals surface area contributed by atoms with E-state index in [1.165, 1.54) is 0 Å². The number of para-hydroxylation sites is 1. The fraction of sp³-hybridized carbons (Fsp3) is 0.0909. The van der Waals surface area contributed by atoms with Crippen LogP contribution in [0.5, 0.6) is 0 Å². The molecule has 28 heavy (non-hydrogen) atoms. The number of allylic oxidation sites excluding steroid dienone is 1. The SMILES string of the molecule is CCn1cc(C(=O)/C=C/c2cn(-c3ccccc3)nc2-c2cccnc2)cn1. The molecule has 0 aliphatic carbocycles. The molecule has 3 aromatic heterocycles. The molecular weight excluding hydrogens is 350 g/mol. The molecular formula is C22H19N5O. The molecule has 0 amide bonds. The third-order valence-electron chi connectivity index (χ3n) is 4.35. The van der Waals surface area contributed by atoms with Gasteiger partial charge in [-0.1, -0.05) is 18.2 Å². The second-order valence-electron chi connectivity index (χ2n) is 6.24. The summed E-state index contributed by atoms with van der Waals surface area (Å²) in [6.07, 6.45) is 12.1. The quantitative estimate of drug-likeness (QED) is 0.380. The molecule has 138 valence electrons. The number of ketones is 1. The highest BCUT2D eigenvalue weighted by Gasteiger charge is 2.12. The van der Waals surface area contributed by atoms with Crippen molar-refractivity contribution in [2.45, 2.75) is 13.5 Å². The van der Waals surface area contributed by atoms with Crippen LogP contribution in [0.3, 0.4) is 0 Å². The lowest BCUT2D eigenvalue weighted by Gasteiger charge is -1.99. The summed E-state index contributed by atoms with van der Waals surface area (Å²) in [5.41, 5.74) is 4.01. The van der Waals surface area contributed by atoms with Crippen LogP contribution in [0.15, 0.2) is 79.5 Å². The Labute approximate surface area is 162 Å². The van der Waals surface area contributed by atoms with Gasteiger partial charge >= 0.3 is 0 Å². The Morgan fingerprint density at radius 2 is 1.93 bits per heavy atom. The van der Waals surface area contributed by atoms with Crippen LogP contribution in [0, 0.1) is 0 Å². The molecule has 6 nitrogen and oxygen atoms in total. The number of rotatable bonds is 6. The van der Waals surface area contributed by atoms with Crippen molar-refractivity contribution in [2.75, 3.05) is 0 Å². The van der Waals surface area contributed by atoms with Crippen molar-refractivity contribution in [1.29, 1.82) is 0 Å². The Morgan fingerprint density at radius 1 is 1.07 bits per heavy atom. The van der Waals surface area contributed by atoms with Crippen molar-refractivity contribution < 1.29 is 4.79 Å². The molecule has 1 aromatic carbocycles. The predicted octanol–water partition coefficient (Wildman–Crippen LogP) is 4.05. The number of hydrogen-bond acceptors (Lipinski definition) is 4. The van der Waals surface area contributed by atoms with Gasteiger partial charge in [-0.3, -0.25) is 14.5 Å². The second kappa shape index (κ2) is 7.84. The van der Waals surface area contributed by atoms with Crippen LogP contribution < -0.4 is 0 Å². The lowest BCUT2D eigenvalue weighted by atomic mass is 10.1. The van der Waals surface area contributed by atoms with Crippen molar-refractivity contribution in [3.05, 3.63) is 90.7 Å². The molecule has 0 spiro atoms. The zero-order valence-electron chi connectivity index (χ0n) is 15.4. The van der Waals surface area contributed by atoms with Gasteiger partial charge in [0.05, 0.1) is 17.4 Å². The monoisotopic (exact) mass is 369 g/mol. The van der Waals surface area contributed by atoms with E-state index in [2.05, 4.69) is 10.1 Å². The number of aromatic nitrogens is 5. The molecule has 0 atom stereocenters. The minimum atomic E-state index is -0.0932. The third-order valence-corrected chi connectivity index (χ3v) is 4.35. The Morgan fingerprint density at radius 3 is 2.64 bits per heavy atom. The Balaban J connectivity index is 1.70. The van der Waals surface area contributed by atoms with Gasteiger partial charge in [-0.15, -0.1) is 0 Å². The summed E-state index contributed by atoms with van der Waals surface area (Å²) in [5, 5.41) is 8.87. The van der Waals surface area contributed by atoms with Gasteiger partial charge in [-0.25, -0.2) is 4.68 Å². The van der Waals surface area contributed by atoms with Crippen LogP contribution in [-0.2, 0) is 6.54 Å². The van der Waals surface area contributed by atoms with Crippen LogP contribution in [0.4, 0.5) is 0 Å². The molecule has 0 unspecified atom stereocenters. The molecule has 4 aromatic rings. The van der Waals surface area contributed by atoms with E-state index in [4.69, 9.17) is 5.10 Å². The van der Waals surface area contributed by atoms with Crippen LogP contribution in [-0.4, -0.2) is 30.3 Å². The molecule has 0 N–H and O–H groups in total. The van der Waals surface area contributed by atoms with Gasteiger partial charge < -0.3 is 0 Å². The first-order chi connectivity index (χ1) is 13.7. The maximum atomic E-state index is 12.5. The first-order valence-corrected chi connectivity index (χ1v) is 9.05. The number of hydrogen-bond donors (Lipinski definition) is 0. The lowest BCUT2D eigenvalue weighted by Crippen LogP contribution is -1.94. The first kappa shape index (κ1) is 17.6. The number of carbonyl (C=O) groups is 1. The summed E-state index contributed by atoms with van der Waals surface area (Å²) in [7, 11) is 0. The van der Waals surface area contributed by atoms with Gasteiger partial charge in [0.25, 0.3) is 0 Å². The van der Waals surface area contributed by atoms with Gasteiger partial charge in [-0.05, 0) is 43.3 Å². The van der Waals surface area contributed by atoms with Crippen molar-refractivity contribution in [3.8, 4) is 16.9 Å². The number of nitrogens with zero attached hydrogens (tertiary/aromatic N) is 5. The van der Waals surface area contributed by atoms with E-state index in [9.17, 15) is 4.79 Å². The average Bonchev–Trinajstić information content (AvgIpc) is 3.41. The van der Waals surface area contributed by atoms with Crippen molar-refractivity contribution in [1.82, 2.24) is 24.5 Å². The maximum Gasteiger partial charge on any atom is 0.189 e. The minimum absolute atomic E-state index is 0.0932. The summed E-state index contributed by atoms with van der Waals surface area (Å²) in [6, 6.07) is 13.7. The first-order valence-electron chi connectivity index (χ1n) is 9.05. The molecule has 4 rings (SSSR count). The Hall–Kier alpha value is -3.80. The highest BCUT2D eigenvalue weighted by Crippen LogP contribution is 2.24. The van der Waals surface area contributed by atoms with Gasteiger partial charge in [0.15, 0.2) is 5.78 Å². The normalized spacial score (nSPS) is 11.2. The summed E-state index contributed by atoms with van der Waals surface area (Å²) in [6.45, 7) is 2.71. The Bertz CT molecular complexity index is 1110. The highest BCUT2D eigenvalue weighted by atomic mass is 16.1. The third kappa shape index (κ3) is 3.66. The zero-order chi connectivity index (χ0) is 19.3. The predicted molar refractivity (Wildman–Crippen MR) is 108 cm³/mol. The van der Waals surface area contributed by atoms with Crippen LogP contribution in [0.1, 0.15) is 22.8 Å². The lowest BCUT2D eigenvalue weighted by molar-refractivity contribution is 0.104. The van der Waals surface area contributed by atoms with E-state index in [-0.39, 0.29) is 5.78 Å². The molecule has 0 radical (unpaired) electrons. The fourth-order valence-corrected chi connectivity index (χ4v) is 2.87. The van der Waals surface area contributed by atoms with Crippen LogP contribution in [0.2, 0.25) is 0 Å². The van der Waals surface area contributed by atoms with E-state index in [1.54, 1.807) is 41.6 Å². The van der Waals surface area contributed by atoms with Crippen LogP contribution in [0.25, 0.3) is 23.0 Å². The molecule has 0 saturated carbocycles. The molecule has 6 heteroatoms. The van der Waals surface area contributed by atoms with Crippen LogP contribution >= 0.6 is 0 Å². The number of carbonyl (C=O) groups excluding carboxylic acids is 1. The van der Waals surface area contributed by atoms with E-state index >= 15 is 0 Å². The van der Waals surface area contributed by atoms with Crippen molar-refractivity contribution >= 4 is 11.9 Å². The highest BCUT2D eigenvalue weighted by molar-refractivity contribution is 6.06. The second-order valence-corrected chi connectivity index (χ2v) is 6.24. The van der Waals surface area contributed by atoms with E-state index in [0.717, 1.165) is 29.1 Å². The Kier molecular flexibility index (Phi) is 4.93. The number of pyridine rings is 1. The summed E-state index contributed by atoms with van der Waals surface area (Å²) >= 11 is 0. The van der Waals surface area contributed by atoms with Gasteiger partial charge in [0.2, 0.25) is 0 Å². The van der Waals surface area contributed by atoms with E-state index < -0.39 is 0 Å². The fourth-order valence-electron chi connectivity index (χ4n) is 2.87. The van der Waals surface area contributed by atoms with Gasteiger partial charge in [0, 0.05) is 42.5 Å². The van der Waals surface area contributed by atoms with Crippen molar-refractivity contribution in [3.63, 3.8) is 0 Å². The maximum absolute atomic E-state index is 12.5. The standard InChI is InChI=1S/C22H19N5O/c1-2-26-15-19(14-24-26)21(28)11-10-18-16-27(20-8-4-3-5-9-20)25-22(18)17-7-6-12-23-13-17/h3-16H,2H2,1H3/b11-10+. The van der Waals surface area contributed by atoms with Crippen molar-refractivity contribution in [2.24, 2.45) is 0 Å². The molecule has 3 heterocycles. The van der Waals surface area contributed by atoms with E-state index in [1.807, 2.05) is 60.3 Å². The smallest absolute Gasteiger partial charge is 0.189 e. The number of aryl methyl sites for hydroxylation is 1. The number of benzene rings is 1. The molecule has 0 fully saturated rings. The summed E-state index contributed by atoms with van der Waals surface area (Å²) in [5.74, 6) is -0.0932.